The van der Waals surface area contributed by atoms with Crippen molar-refractivity contribution in [2.24, 2.45) is 5.92 Å². The first kappa shape index (κ1) is 15.3. The van der Waals surface area contributed by atoms with Crippen molar-refractivity contribution < 1.29 is 9.53 Å². The molecule has 0 bridgehead atoms. The summed E-state index contributed by atoms with van der Waals surface area (Å²) in [5.41, 5.74) is 2.29. The molecule has 2 heterocycles. The SMILES string of the molecule is CCOC(=O)[C@@H]1CCCN(c2c(C#N)cnc3ccccc23)C1. The summed E-state index contributed by atoms with van der Waals surface area (Å²) in [5, 5.41) is 10.4. The largest absolute Gasteiger partial charge is 0.466 e. The van der Waals surface area contributed by atoms with Crippen molar-refractivity contribution in [2.75, 3.05) is 24.6 Å². The van der Waals surface area contributed by atoms with Crippen molar-refractivity contribution in [3.05, 3.63) is 36.0 Å². The Balaban J connectivity index is 1.99. The minimum absolute atomic E-state index is 0.137. The van der Waals surface area contributed by atoms with E-state index in [-0.39, 0.29) is 11.9 Å². The van der Waals surface area contributed by atoms with Gasteiger partial charge in [-0.25, -0.2) is 0 Å². The minimum Gasteiger partial charge on any atom is -0.466 e. The predicted molar refractivity (Wildman–Crippen MR) is 88.0 cm³/mol. The fraction of sp³-hybridized carbons (Fsp3) is 0.389. The van der Waals surface area contributed by atoms with Gasteiger partial charge in [0.2, 0.25) is 0 Å². The number of benzene rings is 1. The van der Waals surface area contributed by atoms with Crippen LogP contribution in [-0.4, -0.2) is 30.6 Å². The number of carbonyl (C=O) groups excluding carboxylic acids is 1. The number of pyridine rings is 1. The van der Waals surface area contributed by atoms with Gasteiger partial charge in [0, 0.05) is 24.7 Å². The average Bonchev–Trinajstić information content (AvgIpc) is 2.61. The molecule has 5 heteroatoms. The second kappa shape index (κ2) is 6.66. The molecule has 2 aromatic rings. The highest BCUT2D eigenvalue weighted by molar-refractivity contribution is 5.94. The average molecular weight is 309 g/mol. The zero-order chi connectivity index (χ0) is 16.2. The van der Waals surface area contributed by atoms with Crippen molar-refractivity contribution in [1.29, 1.82) is 5.26 Å². The summed E-state index contributed by atoms with van der Waals surface area (Å²) < 4.78 is 5.17. The highest BCUT2D eigenvalue weighted by Crippen LogP contribution is 2.32. The van der Waals surface area contributed by atoms with Gasteiger partial charge in [-0.2, -0.15) is 5.26 Å². The Kier molecular flexibility index (Phi) is 4.42. The van der Waals surface area contributed by atoms with E-state index < -0.39 is 0 Å². The molecule has 3 rings (SSSR count). The van der Waals surface area contributed by atoms with Crippen molar-refractivity contribution in [1.82, 2.24) is 4.98 Å². The monoisotopic (exact) mass is 309 g/mol. The summed E-state index contributed by atoms with van der Waals surface area (Å²) in [6.45, 7) is 3.64. The van der Waals surface area contributed by atoms with E-state index in [1.807, 2.05) is 31.2 Å². The van der Waals surface area contributed by atoms with E-state index in [2.05, 4.69) is 16.0 Å². The number of rotatable bonds is 3. The first-order valence-electron chi connectivity index (χ1n) is 7.94. The second-order valence-electron chi connectivity index (χ2n) is 5.69. The van der Waals surface area contributed by atoms with Gasteiger partial charge in [0.05, 0.1) is 29.3 Å². The van der Waals surface area contributed by atoms with Crippen LogP contribution >= 0.6 is 0 Å². The number of aromatic nitrogens is 1. The van der Waals surface area contributed by atoms with Gasteiger partial charge >= 0.3 is 5.97 Å². The summed E-state index contributed by atoms with van der Waals surface area (Å²) >= 11 is 0. The molecule has 1 aromatic heterocycles. The first-order valence-corrected chi connectivity index (χ1v) is 7.94. The Morgan fingerprint density at radius 1 is 1.48 bits per heavy atom. The molecule has 1 saturated heterocycles. The summed E-state index contributed by atoms with van der Waals surface area (Å²) in [5.74, 6) is -0.281. The number of hydrogen-bond donors (Lipinski definition) is 0. The molecule has 1 aliphatic rings. The number of esters is 1. The molecule has 0 radical (unpaired) electrons. The molecule has 0 N–H and O–H groups in total. The van der Waals surface area contributed by atoms with Crippen LogP contribution in [-0.2, 0) is 9.53 Å². The van der Waals surface area contributed by atoms with Crippen LogP contribution in [0, 0.1) is 17.2 Å². The van der Waals surface area contributed by atoms with Crippen molar-refractivity contribution in [3.63, 3.8) is 0 Å². The molecule has 118 valence electrons. The van der Waals surface area contributed by atoms with Gasteiger partial charge in [0.1, 0.15) is 6.07 Å². The van der Waals surface area contributed by atoms with Gasteiger partial charge in [-0.15, -0.1) is 0 Å². The van der Waals surface area contributed by atoms with Crippen LogP contribution in [0.25, 0.3) is 10.9 Å². The van der Waals surface area contributed by atoms with Crippen LogP contribution in [0.1, 0.15) is 25.3 Å². The number of hydrogen-bond acceptors (Lipinski definition) is 5. The van der Waals surface area contributed by atoms with Crippen LogP contribution in [0.15, 0.2) is 30.5 Å². The molecule has 23 heavy (non-hydrogen) atoms. The van der Waals surface area contributed by atoms with Crippen LogP contribution < -0.4 is 4.90 Å². The van der Waals surface area contributed by atoms with E-state index in [9.17, 15) is 10.1 Å². The van der Waals surface area contributed by atoms with E-state index in [0.717, 1.165) is 36.0 Å². The van der Waals surface area contributed by atoms with Crippen LogP contribution in [0.3, 0.4) is 0 Å². The molecular weight excluding hydrogens is 290 g/mol. The Morgan fingerprint density at radius 3 is 3.09 bits per heavy atom. The zero-order valence-electron chi connectivity index (χ0n) is 13.2. The number of piperidine rings is 1. The quantitative estimate of drug-likeness (QED) is 0.816. The maximum atomic E-state index is 12.1. The number of carbonyl (C=O) groups is 1. The molecule has 0 saturated carbocycles. The summed E-state index contributed by atoms with van der Waals surface area (Å²) in [4.78, 5) is 18.5. The molecule has 0 unspecified atom stereocenters. The van der Waals surface area contributed by atoms with Crippen molar-refractivity contribution >= 4 is 22.6 Å². The van der Waals surface area contributed by atoms with E-state index >= 15 is 0 Å². The Morgan fingerprint density at radius 2 is 2.30 bits per heavy atom. The Hall–Kier alpha value is -2.61. The third-order valence-corrected chi connectivity index (χ3v) is 4.23. The van der Waals surface area contributed by atoms with E-state index in [1.54, 1.807) is 6.20 Å². The standard InChI is InChI=1S/C18H19N3O2/c1-2-23-18(22)13-6-5-9-21(12-13)17-14(10-19)11-20-16-8-4-3-7-15(16)17/h3-4,7-8,11,13H,2,5-6,9,12H2,1H3/t13-/m1/s1. The van der Waals surface area contributed by atoms with Gasteiger partial charge in [-0.05, 0) is 25.8 Å². The maximum absolute atomic E-state index is 12.1. The summed E-state index contributed by atoms with van der Waals surface area (Å²) in [7, 11) is 0. The van der Waals surface area contributed by atoms with E-state index in [4.69, 9.17) is 4.74 Å². The molecule has 1 fully saturated rings. The molecule has 0 spiro atoms. The molecule has 1 aliphatic heterocycles. The smallest absolute Gasteiger partial charge is 0.310 e. The fourth-order valence-electron chi connectivity index (χ4n) is 3.18. The Labute approximate surface area is 135 Å². The van der Waals surface area contributed by atoms with Crippen LogP contribution in [0.4, 0.5) is 5.69 Å². The van der Waals surface area contributed by atoms with Crippen LogP contribution in [0.2, 0.25) is 0 Å². The number of fused-ring (bicyclic) bond motifs is 1. The van der Waals surface area contributed by atoms with Crippen molar-refractivity contribution in [3.8, 4) is 6.07 Å². The summed E-state index contributed by atoms with van der Waals surface area (Å²) in [6, 6.07) is 10.0. The number of nitrogens with zero attached hydrogens (tertiary/aromatic N) is 3. The van der Waals surface area contributed by atoms with Gasteiger partial charge < -0.3 is 9.64 Å². The highest BCUT2D eigenvalue weighted by atomic mass is 16.5. The second-order valence-corrected chi connectivity index (χ2v) is 5.69. The van der Waals surface area contributed by atoms with Crippen molar-refractivity contribution in [2.45, 2.75) is 19.8 Å². The summed E-state index contributed by atoms with van der Waals surface area (Å²) in [6.07, 6.45) is 3.36. The lowest BCUT2D eigenvalue weighted by atomic mass is 9.96. The van der Waals surface area contributed by atoms with Gasteiger partial charge in [-0.3, -0.25) is 9.78 Å². The lowest BCUT2D eigenvalue weighted by Crippen LogP contribution is -2.40. The number of nitriles is 1. The highest BCUT2D eigenvalue weighted by Gasteiger charge is 2.29. The Bertz CT molecular complexity index is 766. The molecule has 0 amide bonds. The minimum atomic E-state index is -0.144. The topological polar surface area (TPSA) is 66.2 Å². The lowest BCUT2D eigenvalue weighted by Gasteiger charge is -2.34. The third-order valence-electron chi connectivity index (χ3n) is 4.23. The lowest BCUT2D eigenvalue weighted by molar-refractivity contribution is -0.148. The molecule has 5 nitrogen and oxygen atoms in total. The van der Waals surface area contributed by atoms with E-state index in [1.165, 1.54) is 0 Å². The zero-order valence-corrected chi connectivity index (χ0v) is 13.2. The number of para-hydroxylation sites is 1. The molecule has 1 atom stereocenters. The number of ether oxygens (including phenoxy) is 1. The normalized spacial score (nSPS) is 17.7. The molecular formula is C18H19N3O2. The maximum Gasteiger partial charge on any atom is 0.310 e. The predicted octanol–water partition coefficient (Wildman–Crippen LogP) is 2.89. The van der Waals surface area contributed by atoms with E-state index in [0.29, 0.717) is 18.7 Å². The molecule has 0 aliphatic carbocycles. The first-order chi connectivity index (χ1) is 11.2. The van der Waals surface area contributed by atoms with Crippen LogP contribution in [0.5, 0.6) is 0 Å². The van der Waals surface area contributed by atoms with Gasteiger partial charge in [-0.1, -0.05) is 18.2 Å². The number of anilines is 1. The van der Waals surface area contributed by atoms with Gasteiger partial charge in [0.25, 0.3) is 0 Å². The van der Waals surface area contributed by atoms with Gasteiger partial charge in [0.15, 0.2) is 0 Å². The third kappa shape index (κ3) is 2.98. The fourth-order valence-corrected chi connectivity index (χ4v) is 3.18. The molecule has 1 aromatic carbocycles.